The first-order chi connectivity index (χ1) is 15.7. The van der Waals surface area contributed by atoms with Crippen molar-refractivity contribution in [3.05, 3.63) is 91.0 Å². The van der Waals surface area contributed by atoms with E-state index in [0.717, 1.165) is 44.3 Å². The molecule has 5 nitrogen and oxygen atoms in total. The molecule has 158 valence electrons. The molecule has 1 aliphatic rings. The summed E-state index contributed by atoms with van der Waals surface area (Å²) in [6, 6.07) is 24.0. The van der Waals surface area contributed by atoms with Crippen molar-refractivity contribution in [1.82, 2.24) is 14.8 Å². The molecule has 5 rings (SSSR count). The van der Waals surface area contributed by atoms with Crippen molar-refractivity contribution in [2.75, 3.05) is 4.90 Å². The van der Waals surface area contributed by atoms with Crippen molar-refractivity contribution in [1.29, 1.82) is 0 Å². The summed E-state index contributed by atoms with van der Waals surface area (Å²) in [7, 11) is 0. The van der Waals surface area contributed by atoms with Gasteiger partial charge in [-0.05, 0) is 31.2 Å². The predicted octanol–water partition coefficient (Wildman–Crippen LogP) is 6.95. The molecule has 0 aliphatic carbocycles. The molecule has 32 heavy (non-hydrogen) atoms. The molecule has 1 aliphatic heterocycles. The quantitative estimate of drug-likeness (QED) is 0.245. The van der Waals surface area contributed by atoms with Crippen LogP contribution in [-0.2, 0) is 6.54 Å². The fraction of sp³-hybridized carbons (Fsp3) is 0.0800. The monoisotopic (exact) mass is 456 g/mol. The minimum atomic E-state index is -0.127. The van der Waals surface area contributed by atoms with Crippen molar-refractivity contribution >= 4 is 40.1 Å². The van der Waals surface area contributed by atoms with Crippen LogP contribution in [0.15, 0.2) is 100 Å². The van der Waals surface area contributed by atoms with E-state index in [1.165, 1.54) is 5.56 Å². The number of amides is 1. The molecule has 0 unspecified atom stereocenters. The Morgan fingerprint density at radius 1 is 0.969 bits per heavy atom. The number of aryl methyl sites for hydroxylation is 1. The largest absolute Gasteiger partial charge is 0.298 e. The number of carbonyl (C=O) groups excluding carboxylic acids is 1. The normalized spacial score (nSPS) is 12.2. The van der Waals surface area contributed by atoms with Gasteiger partial charge in [0.25, 0.3) is 5.24 Å². The van der Waals surface area contributed by atoms with Gasteiger partial charge in [0, 0.05) is 33.7 Å². The molecule has 3 aromatic carbocycles. The second-order valence-electron chi connectivity index (χ2n) is 7.31. The first kappa shape index (κ1) is 20.6. The standard InChI is InChI=1S/C25H20N4OS2/c1-3-16-28-23(18-14-12-17(2)13-15-18)26-27-24(28)32-25(30)29-19-8-4-6-10-21(19)31-22-11-7-5-9-20(22)29/h3-15H,1,16H2,2H3. The molecular weight excluding hydrogens is 436 g/mol. The van der Waals surface area contributed by atoms with Crippen LogP contribution in [0.25, 0.3) is 11.4 Å². The number of hydrogen-bond donors (Lipinski definition) is 0. The van der Waals surface area contributed by atoms with Gasteiger partial charge in [0.2, 0.25) is 5.16 Å². The first-order valence-corrected chi connectivity index (χ1v) is 11.8. The maximum Gasteiger partial charge on any atom is 0.298 e. The topological polar surface area (TPSA) is 51.0 Å². The average Bonchev–Trinajstić information content (AvgIpc) is 3.20. The minimum absolute atomic E-state index is 0.127. The second-order valence-corrected chi connectivity index (χ2v) is 9.31. The van der Waals surface area contributed by atoms with Crippen molar-refractivity contribution in [3.8, 4) is 11.4 Å². The Balaban J connectivity index is 1.52. The Labute approximate surface area is 195 Å². The van der Waals surface area contributed by atoms with Crippen molar-refractivity contribution in [2.24, 2.45) is 0 Å². The number of allylic oxidation sites excluding steroid dienone is 1. The number of rotatable bonds is 4. The average molecular weight is 457 g/mol. The van der Waals surface area contributed by atoms with Gasteiger partial charge in [0.1, 0.15) is 0 Å². The summed E-state index contributed by atoms with van der Waals surface area (Å²) in [5.74, 6) is 0.718. The fourth-order valence-electron chi connectivity index (χ4n) is 3.60. The van der Waals surface area contributed by atoms with Crippen LogP contribution in [0.1, 0.15) is 5.56 Å². The number of carbonyl (C=O) groups is 1. The van der Waals surface area contributed by atoms with Gasteiger partial charge in [0.05, 0.1) is 11.4 Å². The Morgan fingerprint density at radius 2 is 1.59 bits per heavy atom. The molecule has 4 aromatic rings. The molecule has 1 aromatic heterocycles. The van der Waals surface area contributed by atoms with Gasteiger partial charge < -0.3 is 0 Å². The minimum Gasteiger partial charge on any atom is -0.298 e. The maximum atomic E-state index is 13.6. The van der Waals surface area contributed by atoms with E-state index in [2.05, 4.69) is 16.8 Å². The molecule has 2 heterocycles. The number of fused-ring (bicyclic) bond motifs is 2. The van der Waals surface area contributed by atoms with Crippen molar-refractivity contribution in [3.63, 3.8) is 0 Å². The smallest absolute Gasteiger partial charge is 0.298 e. The first-order valence-electron chi connectivity index (χ1n) is 10.1. The lowest BCUT2D eigenvalue weighted by atomic mass is 10.1. The van der Waals surface area contributed by atoms with E-state index in [-0.39, 0.29) is 5.24 Å². The molecular formula is C25H20N4OS2. The summed E-state index contributed by atoms with van der Waals surface area (Å²) in [5.41, 5.74) is 3.88. The third-order valence-corrected chi connectivity index (χ3v) is 7.10. The Morgan fingerprint density at radius 3 is 2.22 bits per heavy atom. The zero-order valence-electron chi connectivity index (χ0n) is 17.4. The number of aromatic nitrogens is 3. The molecule has 0 N–H and O–H groups in total. The van der Waals surface area contributed by atoms with Gasteiger partial charge >= 0.3 is 0 Å². The van der Waals surface area contributed by atoms with Gasteiger partial charge in [-0.1, -0.05) is 71.9 Å². The van der Waals surface area contributed by atoms with E-state index in [1.54, 1.807) is 22.7 Å². The lowest BCUT2D eigenvalue weighted by molar-refractivity contribution is 0.266. The molecule has 0 radical (unpaired) electrons. The van der Waals surface area contributed by atoms with Gasteiger partial charge in [-0.3, -0.25) is 14.3 Å². The van der Waals surface area contributed by atoms with Crippen LogP contribution in [0, 0.1) is 6.92 Å². The SMILES string of the molecule is C=CCn1c(SC(=O)N2c3ccccc3Sc3ccccc32)nnc1-c1ccc(C)cc1. The molecule has 0 bridgehead atoms. The lowest BCUT2D eigenvalue weighted by Crippen LogP contribution is -2.25. The molecule has 0 saturated carbocycles. The number of thioether (sulfide) groups is 1. The van der Waals surface area contributed by atoms with Gasteiger partial charge in [-0.15, -0.1) is 16.8 Å². The summed E-state index contributed by atoms with van der Waals surface area (Å²) >= 11 is 2.76. The Hall–Kier alpha value is -3.29. The van der Waals surface area contributed by atoms with E-state index < -0.39 is 0 Å². The summed E-state index contributed by atoms with van der Waals surface area (Å²) < 4.78 is 1.93. The summed E-state index contributed by atoms with van der Waals surface area (Å²) in [4.78, 5) is 17.5. The van der Waals surface area contributed by atoms with Crippen LogP contribution >= 0.6 is 23.5 Å². The molecule has 0 saturated heterocycles. The summed E-state index contributed by atoms with van der Waals surface area (Å²) in [6.07, 6.45) is 1.79. The third kappa shape index (κ3) is 3.74. The predicted molar refractivity (Wildman–Crippen MR) is 131 cm³/mol. The number of para-hydroxylation sites is 2. The highest BCUT2D eigenvalue weighted by Gasteiger charge is 2.30. The summed E-state index contributed by atoms with van der Waals surface area (Å²) in [5, 5.41) is 9.16. The van der Waals surface area contributed by atoms with Crippen molar-refractivity contribution in [2.45, 2.75) is 28.4 Å². The van der Waals surface area contributed by atoms with E-state index >= 15 is 0 Å². The zero-order chi connectivity index (χ0) is 22.1. The molecule has 0 spiro atoms. The number of hydrogen-bond acceptors (Lipinski definition) is 5. The van der Waals surface area contributed by atoms with Crippen LogP contribution in [0.2, 0.25) is 0 Å². The fourth-order valence-corrected chi connectivity index (χ4v) is 5.45. The number of anilines is 2. The maximum absolute atomic E-state index is 13.6. The van der Waals surface area contributed by atoms with Crippen LogP contribution in [-0.4, -0.2) is 20.0 Å². The number of nitrogens with zero attached hydrogens (tertiary/aromatic N) is 4. The number of benzene rings is 3. The second kappa shape index (κ2) is 8.68. The highest BCUT2D eigenvalue weighted by molar-refractivity contribution is 8.13. The summed E-state index contributed by atoms with van der Waals surface area (Å²) in [6.45, 7) is 6.43. The van der Waals surface area contributed by atoms with Crippen LogP contribution in [0.3, 0.4) is 0 Å². The van der Waals surface area contributed by atoms with Gasteiger partial charge in [0.15, 0.2) is 5.82 Å². The van der Waals surface area contributed by atoms with Gasteiger partial charge in [-0.25, -0.2) is 0 Å². The lowest BCUT2D eigenvalue weighted by Gasteiger charge is -2.30. The Bertz CT molecular complexity index is 1270. The van der Waals surface area contributed by atoms with Crippen molar-refractivity contribution < 1.29 is 4.79 Å². The van der Waals surface area contributed by atoms with Crippen LogP contribution in [0.5, 0.6) is 0 Å². The zero-order valence-corrected chi connectivity index (χ0v) is 19.1. The Kier molecular flexibility index (Phi) is 5.59. The van der Waals surface area contributed by atoms with Crippen LogP contribution in [0.4, 0.5) is 16.2 Å². The molecule has 7 heteroatoms. The highest BCUT2D eigenvalue weighted by atomic mass is 32.2. The van der Waals surface area contributed by atoms with Gasteiger partial charge in [-0.2, -0.15) is 0 Å². The van der Waals surface area contributed by atoms with E-state index in [9.17, 15) is 4.79 Å². The molecule has 0 fully saturated rings. The van der Waals surface area contributed by atoms with Crippen LogP contribution < -0.4 is 4.90 Å². The van der Waals surface area contributed by atoms with E-state index in [0.29, 0.717) is 11.7 Å². The van der Waals surface area contributed by atoms with E-state index in [1.807, 2.05) is 84.3 Å². The highest BCUT2D eigenvalue weighted by Crippen LogP contribution is 2.49. The molecule has 0 atom stereocenters. The third-order valence-electron chi connectivity index (χ3n) is 5.13. The molecule has 1 amide bonds. The van der Waals surface area contributed by atoms with E-state index in [4.69, 9.17) is 0 Å².